The third-order valence-corrected chi connectivity index (χ3v) is 3.42. The standard InChI is InChI=1S/C15H26N2O/c1-4-11-18-14-10-8-7-9-13(14)15(17-16)12(5-2)6-3/h7-10,12,15,17H,4-6,11,16H2,1-3H3. The summed E-state index contributed by atoms with van der Waals surface area (Å²) in [6, 6.07) is 8.34. The fourth-order valence-electron chi connectivity index (χ4n) is 2.32. The molecule has 3 N–H and O–H groups in total. The van der Waals surface area contributed by atoms with Crippen LogP contribution in [0.3, 0.4) is 0 Å². The van der Waals surface area contributed by atoms with Crippen LogP contribution in [0.25, 0.3) is 0 Å². The van der Waals surface area contributed by atoms with Gasteiger partial charge in [0.25, 0.3) is 0 Å². The molecule has 0 saturated heterocycles. The van der Waals surface area contributed by atoms with E-state index in [-0.39, 0.29) is 6.04 Å². The van der Waals surface area contributed by atoms with Gasteiger partial charge in [-0.2, -0.15) is 0 Å². The van der Waals surface area contributed by atoms with Crippen molar-refractivity contribution in [1.29, 1.82) is 0 Å². The van der Waals surface area contributed by atoms with E-state index in [2.05, 4.69) is 32.3 Å². The Morgan fingerprint density at radius 2 is 1.83 bits per heavy atom. The summed E-state index contributed by atoms with van der Waals surface area (Å²) in [5.41, 5.74) is 4.13. The quantitative estimate of drug-likeness (QED) is 0.549. The van der Waals surface area contributed by atoms with Crippen molar-refractivity contribution in [2.75, 3.05) is 6.61 Å². The molecule has 0 fully saturated rings. The Hall–Kier alpha value is -1.06. The molecule has 0 aromatic heterocycles. The molecule has 0 aliphatic heterocycles. The van der Waals surface area contributed by atoms with Crippen LogP contribution in [0.1, 0.15) is 51.6 Å². The first-order valence-electron chi connectivity index (χ1n) is 6.96. The molecule has 1 aromatic carbocycles. The van der Waals surface area contributed by atoms with Gasteiger partial charge >= 0.3 is 0 Å². The minimum atomic E-state index is 0.160. The number of para-hydroxylation sites is 1. The van der Waals surface area contributed by atoms with E-state index in [4.69, 9.17) is 10.6 Å². The fraction of sp³-hybridized carbons (Fsp3) is 0.600. The number of hydrogen-bond donors (Lipinski definition) is 2. The van der Waals surface area contributed by atoms with Crippen molar-refractivity contribution in [2.24, 2.45) is 11.8 Å². The van der Waals surface area contributed by atoms with E-state index in [1.807, 2.05) is 18.2 Å². The summed E-state index contributed by atoms with van der Waals surface area (Å²) < 4.78 is 5.81. The summed E-state index contributed by atoms with van der Waals surface area (Å²) >= 11 is 0. The van der Waals surface area contributed by atoms with Gasteiger partial charge in [-0.1, -0.05) is 51.8 Å². The number of rotatable bonds is 8. The summed E-state index contributed by atoms with van der Waals surface area (Å²) in [5, 5.41) is 0. The van der Waals surface area contributed by atoms with Gasteiger partial charge < -0.3 is 4.74 Å². The second-order valence-corrected chi connectivity index (χ2v) is 4.61. The molecule has 0 bridgehead atoms. The van der Waals surface area contributed by atoms with Gasteiger partial charge in [-0.05, 0) is 18.4 Å². The smallest absolute Gasteiger partial charge is 0.124 e. The van der Waals surface area contributed by atoms with Crippen molar-refractivity contribution in [2.45, 2.75) is 46.1 Å². The first kappa shape index (κ1) is 15.0. The first-order valence-corrected chi connectivity index (χ1v) is 6.96. The van der Waals surface area contributed by atoms with Crippen molar-refractivity contribution in [3.8, 4) is 5.75 Å². The summed E-state index contributed by atoms with van der Waals surface area (Å²) in [4.78, 5) is 0. The average molecular weight is 250 g/mol. The normalized spacial score (nSPS) is 12.7. The minimum Gasteiger partial charge on any atom is -0.493 e. The zero-order valence-corrected chi connectivity index (χ0v) is 11.8. The van der Waals surface area contributed by atoms with Crippen molar-refractivity contribution in [1.82, 2.24) is 5.43 Å². The van der Waals surface area contributed by atoms with E-state index in [0.717, 1.165) is 31.6 Å². The monoisotopic (exact) mass is 250 g/mol. The minimum absolute atomic E-state index is 0.160. The largest absolute Gasteiger partial charge is 0.493 e. The molecule has 18 heavy (non-hydrogen) atoms. The second kappa shape index (κ2) is 8.11. The molecule has 0 spiro atoms. The SMILES string of the molecule is CCCOc1ccccc1C(NN)C(CC)CC. The molecule has 1 atom stereocenters. The van der Waals surface area contributed by atoms with Gasteiger partial charge in [0.15, 0.2) is 0 Å². The number of benzene rings is 1. The van der Waals surface area contributed by atoms with Crippen LogP contribution in [0, 0.1) is 5.92 Å². The van der Waals surface area contributed by atoms with Crippen LogP contribution in [0.5, 0.6) is 5.75 Å². The lowest BCUT2D eigenvalue weighted by atomic mass is 9.89. The van der Waals surface area contributed by atoms with E-state index in [1.54, 1.807) is 0 Å². The molecular formula is C15H26N2O. The Bertz CT molecular complexity index is 337. The molecule has 3 nitrogen and oxygen atoms in total. The molecule has 0 heterocycles. The van der Waals surface area contributed by atoms with E-state index in [0.29, 0.717) is 5.92 Å². The van der Waals surface area contributed by atoms with Gasteiger partial charge in [-0.3, -0.25) is 11.3 Å². The highest BCUT2D eigenvalue weighted by atomic mass is 16.5. The van der Waals surface area contributed by atoms with E-state index < -0.39 is 0 Å². The Morgan fingerprint density at radius 1 is 1.17 bits per heavy atom. The zero-order chi connectivity index (χ0) is 13.4. The summed E-state index contributed by atoms with van der Waals surface area (Å²) in [7, 11) is 0. The first-order chi connectivity index (χ1) is 8.78. The van der Waals surface area contributed by atoms with Crippen LogP contribution in [0.15, 0.2) is 24.3 Å². The summed E-state index contributed by atoms with van der Waals surface area (Å²) in [5.74, 6) is 7.23. The van der Waals surface area contributed by atoms with Gasteiger partial charge in [-0.25, -0.2) is 0 Å². The predicted octanol–water partition coefficient (Wildman–Crippen LogP) is 3.42. The Kier molecular flexibility index (Phi) is 6.76. The van der Waals surface area contributed by atoms with Gasteiger partial charge in [-0.15, -0.1) is 0 Å². The average Bonchev–Trinajstić information content (AvgIpc) is 2.43. The van der Waals surface area contributed by atoms with Gasteiger partial charge in [0, 0.05) is 5.56 Å². The molecule has 0 radical (unpaired) electrons. The third kappa shape index (κ3) is 3.72. The van der Waals surface area contributed by atoms with Crippen LogP contribution in [0.2, 0.25) is 0 Å². The van der Waals surface area contributed by atoms with Crippen molar-refractivity contribution in [3.63, 3.8) is 0 Å². The van der Waals surface area contributed by atoms with Crippen LogP contribution in [-0.4, -0.2) is 6.61 Å². The molecule has 0 saturated carbocycles. The van der Waals surface area contributed by atoms with Gasteiger partial charge in [0.2, 0.25) is 0 Å². The molecular weight excluding hydrogens is 224 g/mol. The van der Waals surface area contributed by atoms with E-state index in [9.17, 15) is 0 Å². The highest BCUT2D eigenvalue weighted by Gasteiger charge is 2.22. The highest BCUT2D eigenvalue weighted by molar-refractivity contribution is 5.36. The van der Waals surface area contributed by atoms with E-state index in [1.165, 1.54) is 5.56 Å². The molecule has 1 unspecified atom stereocenters. The molecule has 0 aliphatic rings. The van der Waals surface area contributed by atoms with Crippen LogP contribution in [-0.2, 0) is 0 Å². The summed E-state index contributed by atoms with van der Waals surface area (Å²) in [6.45, 7) is 7.27. The number of hydrogen-bond acceptors (Lipinski definition) is 3. The van der Waals surface area contributed by atoms with Crippen LogP contribution in [0.4, 0.5) is 0 Å². The Morgan fingerprint density at radius 3 is 2.39 bits per heavy atom. The van der Waals surface area contributed by atoms with Crippen LogP contribution < -0.4 is 16.0 Å². The highest BCUT2D eigenvalue weighted by Crippen LogP contribution is 2.32. The topological polar surface area (TPSA) is 47.3 Å². The Balaban J connectivity index is 2.96. The molecule has 0 amide bonds. The van der Waals surface area contributed by atoms with E-state index >= 15 is 0 Å². The number of nitrogens with two attached hydrogens (primary N) is 1. The zero-order valence-electron chi connectivity index (χ0n) is 11.8. The second-order valence-electron chi connectivity index (χ2n) is 4.61. The maximum atomic E-state index is 5.81. The third-order valence-electron chi connectivity index (χ3n) is 3.42. The van der Waals surface area contributed by atoms with Crippen molar-refractivity contribution in [3.05, 3.63) is 29.8 Å². The Labute approximate surface area is 111 Å². The number of hydrazine groups is 1. The maximum absolute atomic E-state index is 5.81. The van der Waals surface area contributed by atoms with Gasteiger partial charge in [0.05, 0.1) is 12.6 Å². The lowest BCUT2D eigenvalue weighted by Gasteiger charge is -2.26. The number of ether oxygens (including phenoxy) is 1. The fourth-order valence-corrected chi connectivity index (χ4v) is 2.32. The van der Waals surface area contributed by atoms with Crippen molar-refractivity contribution < 1.29 is 4.74 Å². The number of nitrogens with one attached hydrogen (secondary N) is 1. The molecule has 1 rings (SSSR count). The molecule has 102 valence electrons. The van der Waals surface area contributed by atoms with Crippen molar-refractivity contribution >= 4 is 0 Å². The summed E-state index contributed by atoms with van der Waals surface area (Å²) in [6.07, 6.45) is 3.22. The van der Waals surface area contributed by atoms with Crippen LogP contribution >= 0.6 is 0 Å². The van der Waals surface area contributed by atoms with Gasteiger partial charge in [0.1, 0.15) is 5.75 Å². The molecule has 3 heteroatoms. The predicted molar refractivity (Wildman–Crippen MR) is 76.4 cm³/mol. The lowest BCUT2D eigenvalue weighted by molar-refractivity contribution is 0.293. The maximum Gasteiger partial charge on any atom is 0.124 e. The molecule has 0 aliphatic carbocycles. The molecule has 1 aromatic rings. The lowest BCUT2D eigenvalue weighted by Crippen LogP contribution is -2.33.